The lowest BCUT2D eigenvalue weighted by Crippen LogP contribution is -2.35. The van der Waals surface area contributed by atoms with Crippen LogP contribution in [0.1, 0.15) is 5.56 Å². The Bertz CT molecular complexity index is 426. The number of rotatable bonds is 3. The van der Waals surface area contributed by atoms with E-state index < -0.39 is 17.8 Å². The van der Waals surface area contributed by atoms with Crippen molar-refractivity contribution in [1.29, 1.82) is 5.26 Å². The molecule has 78 valence electrons. The molecule has 0 heterocycles. The van der Waals surface area contributed by atoms with Crippen molar-refractivity contribution in [3.63, 3.8) is 0 Å². The topological polar surface area (TPSA) is 70.3 Å². The maximum atomic E-state index is 12.6. The van der Waals surface area contributed by atoms with Crippen LogP contribution in [-0.4, -0.2) is 17.2 Å². The van der Waals surface area contributed by atoms with Crippen molar-refractivity contribution in [2.24, 2.45) is 0 Å². The number of benzene rings is 1. The van der Waals surface area contributed by atoms with Gasteiger partial charge >= 0.3 is 12.1 Å². The first-order chi connectivity index (χ1) is 6.97. The number of alkyl halides is 2. The molecule has 0 amide bonds. The van der Waals surface area contributed by atoms with E-state index in [1.807, 2.05) is 0 Å². The Morgan fingerprint density at radius 2 is 2.07 bits per heavy atom. The summed E-state index contributed by atoms with van der Waals surface area (Å²) in [6.45, 7) is 0. The summed E-state index contributed by atoms with van der Waals surface area (Å²) in [5.41, 5.74) is -0.154. The Hall–Kier alpha value is -2.16. The van der Waals surface area contributed by atoms with Gasteiger partial charge in [-0.3, -0.25) is 0 Å². The molecule has 15 heavy (non-hydrogen) atoms. The normalized spacial score (nSPS) is 10.5. The number of nitriles is 1. The zero-order valence-corrected chi connectivity index (χ0v) is 7.28. The van der Waals surface area contributed by atoms with Gasteiger partial charge in [-0.05, 0) is 12.1 Å². The lowest BCUT2D eigenvalue weighted by molar-refractivity contribution is -0.210. The number of halogens is 2. The van der Waals surface area contributed by atoms with E-state index >= 15 is 0 Å². The van der Waals surface area contributed by atoms with E-state index in [9.17, 15) is 13.6 Å². The molecule has 0 aliphatic carbocycles. The van der Waals surface area contributed by atoms with Crippen molar-refractivity contribution in [3.8, 4) is 11.8 Å². The summed E-state index contributed by atoms with van der Waals surface area (Å²) in [7, 11) is 0. The molecular weight excluding hydrogens is 208 g/mol. The van der Waals surface area contributed by atoms with E-state index in [4.69, 9.17) is 10.4 Å². The van der Waals surface area contributed by atoms with Crippen molar-refractivity contribution in [1.82, 2.24) is 0 Å². The van der Waals surface area contributed by atoms with Crippen molar-refractivity contribution < 1.29 is 23.4 Å². The predicted octanol–water partition coefficient (Wildman–Crippen LogP) is 1.61. The SMILES string of the molecule is N#Cc1ccccc1OC(F)(F)C(=O)O. The number of carboxylic acid groups (broad SMARTS) is 1. The van der Waals surface area contributed by atoms with Crippen LogP contribution in [0.3, 0.4) is 0 Å². The Morgan fingerprint density at radius 1 is 1.47 bits per heavy atom. The molecule has 0 radical (unpaired) electrons. The first-order valence-corrected chi connectivity index (χ1v) is 3.76. The smallest absolute Gasteiger partial charge is 0.474 e. The van der Waals surface area contributed by atoms with E-state index in [-0.39, 0.29) is 5.56 Å². The highest BCUT2D eigenvalue weighted by Gasteiger charge is 2.42. The largest absolute Gasteiger partial charge is 0.501 e. The Morgan fingerprint density at radius 3 is 2.60 bits per heavy atom. The summed E-state index contributed by atoms with van der Waals surface area (Å²) in [6, 6.07) is 6.75. The third kappa shape index (κ3) is 2.40. The number of para-hydroxylation sites is 1. The molecule has 1 rings (SSSR count). The van der Waals surface area contributed by atoms with Gasteiger partial charge in [0.05, 0.1) is 5.56 Å². The fourth-order valence-electron chi connectivity index (χ4n) is 0.830. The molecule has 0 bridgehead atoms. The monoisotopic (exact) mass is 213 g/mol. The van der Waals surface area contributed by atoms with Crippen molar-refractivity contribution in [3.05, 3.63) is 29.8 Å². The maximum Gasteiger partial charge on any atom is 0.501 e. The number of ether oxygens (including phenoxy) is 1. The van der Waals surface area contributed by atoms with Gasteiger partial charge in [0.1, 0.15) is 11.8 Å². The molecule has 1 N–H and O–H groups in total. The highest BCUT2D eigenvalue weighted by molar-refractivity contribution is 5.74. The van der Waals surface area contributed by atoms with Gasteiger partial charge in [-0.2, -0.15) is 14.0 Å². The number of carboxylic acids is 1. The van der Waals surface area contributed by atoms with Gasteiger partial charge < -0.3 is 9.84 Å². The third-order valence-corrected chi connectivity index (χ3v) is 1.49. The zero-order valence-electron chi connectivity index (χ0n) is 7.28. The van der Waals surface area contributed by atoms with E-state index in [0.717, 1.165) is 6.07 Å². The number of carbonyl (C=O) groups is 1. The quantitative estimate of drug-likeness (QED) is 0.827. The summed E-state index contributed by atoms with van der Waals surface area (Å²) in [6.07, 6.45) is -4.34. The summed E-state index contributed by atoms with van der Waals surface area (Å²) in [5.74, 6) is -2.87. The Kier molecular flexibility index (Phi) is 2.85. The van der Waals surface area contributed by atoms with E-state index in [1.165, 1.54) is 18.2 Å². The molecule has 1 aromatic carbocycles. The van der Waals surface area contributed by atoms with Crippen molar-refractivity contribution in [2.45, 2.75) is 6.11 Å². The molecule has 1 aromatic rings. The predicted molar refractivity (Wildman–Crippen MR) is 44.4 cm³/mol. The van der Waals surface area contributed by atoms with E-state index in [1.54, 1.807) is 6.07 Å². The number of hydrogen-bond donors (Lipinski definition) is 1. The molecule has 0 unspecified atom stereocenters. The fourth-order valence-corrected chi connectivity index (χ4v) is 0.830. The minimum Gasteiger partial charge on any atom is -0.474 e. The second kappa shape index (κ2) is 3.92. The average molecular weight is 213 g/mol. The number of hydrogen-bond acceptors (Lipinski definition) is 3. The zero-order chi connectivity index (χ0) is 11.5. The lowest BCUT2D eigenvalue weighted by atomic mass is 10.2. The van der Waals surface area contributed by atoms with Gasteiger partial charge in [0.2, 0.25) is 0 Å². The minimum atomic E-state index is -4.34. The molecule has 6 heteroatoms. The first-order valence-electron chi connectivity index (χ1n) is 3.76. The second-order valence-corrected chi connectivity index (χ2v) is 2.53. The van der Waals surface area contributed by atoms with Gasteiger partial charge in [0.15, 0.2) is 0 Å². The van der Waals surface area contributed by atoms with Crippen LogP contribution in [0.5, 0.6) is 5.75 Å². The average Bonchev–Trinajstić information content (AvgIpc) is 2.18. The van der Waals surface area contributed by atoms with Gasteiger partial charge in [-0.25, -0.2) is 4.79 Å². The standard InChI is InChI=1S/C9H5F2NO3/c10-9(11,8(13)14)15-7-4-2-1-3-6(7)5-12/h1-4H,(H,13,14). The molecule has 0 aliphatic heterocycles. The fraction of sp³-hybridized carbons (Fsp3) is 0.111. The van der Waals surface area contributed by atoms with Crippen LogP contribution in [0.25, 0.3) is 0 Å². The van der Waals surface area contributed by atoms with Gasteiger partial charge in [-0.1, -0.05) is 12.1 Å². The molecule has 4 nitrogen and oxygen atoms in total. The molecule has 0 fully saturated rings. The third-order valence-electron chi connectivity index (χ3n) is 1.49. The highest BCUT2D eigenvalue weighted by Crippen LogP contribution is 2.24. The number of nitrogens with zero attached hydrogens (tertiary/aromatic N) is 1. The van der Waals surface area contributed by atoms with Crippen LogP contribution in [-0.2, 0) is 4.79 Å². The van der Waals surface area contributed by atoms with Crippen molar-refractivity contribution >= 4 is 5.97 Å². The second-order valence-electron chi connectivity index (χ2n) is 2.53. The van der Waals surface area contributed by atoms with E-state index in [2.05, 4.69) is 4.74 Å². The van der Waals surface area contributed by atoms with Gasteiger partial charge in [-0.15, -0.1) is 0 Å². The summed E-state index contributed by atoms with van der Waals surface area (Å²) in [4.78, 5) is 10.1. The van der Waals surface area contributed by atoms with Crippen LogP contribution in [0.2, 0.25) is 0 Å². The highest BCUT2D eigenvalue weighted by atomic mass is 19.3. The molecule has 0 aromatic heterocycles. The Balaban J connectivity index is 3.00. The molecule has 0 spiro atoms. The molecule has 0 atom stereocenters. The van der Waals surface area contributed by atoms with Crippen LogP contribution in [0.15, 0.2) is 24.3 Å². The van der Waals surface area contributed by atoms with Gasteiger partial charge in [0.25, 0.3) is 0 Å². The molecular formula is C9H5F2NO3. The summed E-state index contributed by atoms with van der Waals surface area (Å²) >= 11 is 0. The number of aliphatic carboxylic acids is 1. The first kappa shape index (κ1) is 10.9. The van der Waals surface area contributed by atoms with Crippen molar-refractivity contribution in [2.75, 3.05) is 0 Å². The minimum absolute atomic E-state index is 0.154. The molecule has 0 aliphatic rings. The van der Waals surface area contributed by atoms with Crippen LogP contribution in [0, 0.1) is 11.3 Å². The van der Waals surface area contributed by atoms with E-state index in [0.29, 0.717) is 0 Å². The maximum absolute atomic E-state index is 12.6. The summed E-state index contributed by atoms with van der Waals surface area (Å²) in [5, 5.41) is 16.6. The Labute approximate surface area is 83.3 Å². The summed E-state index contributed by atoms with van der Waals surface area (Å²) < 4.78 is 29.2. The van der Waals surface area contributed by atoms with Crippen LogP contribution >= 0.6 is 0 Å². The van der Waals surface area contributed by atoms with Gasteiger partial charge in [0, 0.05) is 0 Å². The molecule has 0 saturated carbocycles. The van der Waals surface area contributed by atoms with Crippen LogP contribution in [0.4, 0.5) is 8.78 Å². The lowest BCUT2D eigenvalue weighted by Gasteiger charge is -2.13. The van der Waals surface area contributed by atoms with Crippen LogP contribution < -0.4 is 4.74 Å². The molecule has 0 saturated heterocycles.